The first-order valence-corrected chi connectivity index (χ1v) is 14.1. The Balaban J connectivity index is 1.77. The van der Waals surface area contributed by atoms with Crippen LogP contribution < -0.4 is 9.88 Å². The highest BCUT2D eigenvalue weighted by molar-refractivity contribution is 7.89. The SMILES string of the molecule is CC(C)(CCCCc1ccc(COc2ccc(S(N)(=O)=O)cc2)cc1)CC(C)(C)C(=O)OC(C)(C)C. The number of hydrogen-bond donors (Lipinski definition) is 1. The van der Waals surface area contributed by atoms with Crippen LogP contribution >= 0.6 is 0 Å². The van der Waals surface area contributed by atoms with E-state index in [-0.39, 0.29) is 16.3 Å². The zero-order valence-electron chi connectivity index (χ0n) is 22.9. The average Bonchev–Trinajstić information content (AvgIpc) is 2.74. The Morgan fingerprint density at radius 3 is 1.92 bits per heavy atom. The quantitative estimate of drug-likeness (QED) is 0.259. The predicted molar refractivity (Wildman–Crippen MR) is 144 cm³/mol. The molecule has 0 saturated carbocycles. The van der Waals surface area contributed by atoms with Gasteiger partial charge in [0.05, 0.1) is 10.3 Å². The molecule has 2 aromatic carbocycles. The molecular formula is C29H43NO5S. The van der Waals surface area contributed by atoms with E-state index in [0.29, 0.717) is 12.4 Å². The van der Waals surface area contributed by atoms with Crippen molar-refractivity contribution in [2.45, 2.75) is 97.7 Å². The Bertz CT molecular complexity index is 1100. The highest BCUT2D eigenvalue weighted by Crippen LogP contribution is 2.39. The standard InChI is InChI=1S/C29H43NO5S/c1-27(2,3)35-26(31)29(6,7)21-28(4,5)19-9-8-10-22-11-13-23(14-12-22)20-34-24-15-17-25(18-16-24)36(30,32)33/h11-18H,8-10,19-21H2,1-7H3,(H2,30,32,33). The van der Waals surface area contributed by atoms with Gasteiger partial charge in [0, 0.05) is 0 Å². The number of carbonyl (C=O) groups is 1. The first-order valence-electron chi connectivity index (χ1n) is 12.5. The molecule has 0 saturated heterocycles. The van der Waals surface area contributed by atoms with Gasteiger partial charge in [-0.2, -0.15) is 0 Å². The monoisotopic (exact) mass is 517 g/mol. The zero-order valence-corrected chi connectivity index (χ0v) is 23.7. The fraction of sp³-hybridized carbons (Fsp3) is 0.552. The molecule has 0 bridgehead atoms. The van der Waals surface area contributed by atoms with Crippen LogP contribution in [-0.2, 0) is 32.6 Å². The van der Waals surface area contributed by atoms with Crippen LogP contribution in [0.1, 0.15) is 85.3 Å². The maximum absolute atomic E-state index is 12.6. The number of esters is 1. The van der Waals surface area contributed by atoms with Gasteiger partial charge in [0.15, 0.2) is 0 Å². The lowest BCUT2D eigenvalue weighted by Gasteiger charge is -2.35. The normalized spacial score (nSPS) is 12.9. The minimum Gasteiger partial charge on any atom is -0.489 e. The van der Waals surface area contributed by atoms with Crippen molar-refractivity contribution in [3.05, 3.63) is 59.7 Å². The molecular weight excluding hydrogens is 474 g/mol. The Labute approximate surface area is 217 Å². The lowest BCUT2D eigenvalue weighted by molar-refractivity contribution is -0.167. The molecule has 0 heterocycles. The van der Waals surface area contributed by atoms with Gasteiger partial charge in [-0.15, -0.1) is 0 Å². The number of hydrogen-bond acceptors (Lipinski definition) is 5. The molecule has 6 nitrogen and oxygen atoms in total. The van der Waals surface area contributed by atoms with Crippen molar-refractivity contribution in [1.29, 1.82) is 0 Å². The summed E-state index contributed by atoms with van der Waals surface area (Å²) in [5.74, 6) is 0.455. The molecule has 2 rings (SSSR count). The van der Waals surface area contributed by atoms with E-state index in [1.807, 2.05) is 34.6 Å². The van der Waals surface area contributed by atoms with E-state index in [1.165, 1.54) is 17.7 Å². The van der Waals surface area contributed by atoms with E-state index in [0.717, 1.165) is 37.7 Å². The smallest absolute Gasteiger partial charge is 0.312 e. The van der Waals surface area contributed by atoms with E-state index in [1.54, 1.807) is 12.1 Å². The van der Waals surface area contributed by atoms with Gasteiger partial charge >= 0.3 is 5.97 Å². The second-order valence-electron chi connectivity index (χ2n) is 12.1. The molecule has 0 radical (unpaired) electrons. The van der Waals surface area contributed by atoms with Crippen molar-refractivity contribution in [3.63, 3.8) is 0 Å². The van der Waals surface area contributed by atoms with Crippen LogP contribution in [0.25, 0.3) is 0 Å². The number of ether oxygens (including phenoxy) is 2. The van der Waals surface area contributed by atoms with Crippen molar-refractivity contribution in [2.24, 2.45) is 16.0 Å². The largest absolute Gasteiger partial charge is 0.489 e. The lowest BCUT2D eigenvalue weighted by atomic mass is 9.72. The summed E-state index contributed by atoms with van der Waals surface area (Å²) in [5.41, 5.74) is 1.39. The number of sulfonamides is 1. The minimum absolute atomic E-state index is 0.0497. The van der Waals surface area contributed by atoms with E-state index in [9.17, 15) is 13.2 Å². The molecule has 7 heteroatoms. The van der Waals surface area contributed by atoms with E-state index >= 15 is 0 Å². The van der Waals surface area contributed by atoms with Gasteiger partial charge in [-0.25, -0.2) is 13.6 Å². The Morgan fingerprint density at radius 1 is 0.833 bits per heavy atom. The summed E-state index contributed by atoms with van der Waals surface area (Å²) in [5, 5.41) is 5.12. The number of unbranched alkanes of at least 4 members (excludes halogenated alkanes) is 1. The highest BCUT2D eigenvalue weighted by Gasteiger charge is 2.37. The van der Waals surface area contributed by atoms with Crippen LogP contribution in [0, 0.1) is 10.8 Å². The van der Waals surface area contributed by atoms with Gasteiger partial charge < -0.3 is 9.47 Å². The number of nitrogens with two attached hydrogens (primary N) is 1. The summed E-state index contributed by atoms with van der Waals surface area (Å²) in [6.45, 7) is 14.5. The zero-order chi connectivity index (χ0) is 27.2. The molecule has 0 fully saturated rings. The van der Waals surface area contributed by atoms with Crippen molar-refractivity contribution in [1.82, 2.24) is 0 Å². The summed E-state index contributed by atoms with van der Waals surface area (Å²) in [4.78, 5) is 12.7. The molecule has 0 unspecified atom stereocenters. The Kier molecular flexibility index (Phi) is 9.77. The van der Waals surface area contributed by atoms with Crippen LogP contribution in [0.4, 0.5) is 0 Å². The summed E-state index contributed by atoms with van der Waals surface area (Å²) >= 11 is 0. The van der Waals surface area contributed by atoms with Crippen LogP contribution in [0.2, 0.25) is 0 Å². The third-order valence-electron chi connectivity index (χ3n) is 6.02. The molecule has 200 valence electrons. The molecule has 2 N–H and O–H groups in total. The van der Waals surface area contributed by atoms with Crippen molar-refractivity contribution in [2.75, 3.05) is 0 Å². The van der Waals surface area contributed by atoms with E-state index in [4.69, 9.17) is 14.6 Å². The summed E-state index contributed by atoms with van der Waals surface area (Å²) in [6.07, 6.45) is 5.02. The van der Waals surface area contributed by atoms with Crippen LogP contribution in [0.3, 0.4) is 0 Å². The van der Waals surface area contributed by atoms with Gasteiger partial charge in [0.25, 0.3) is 0 Å². The van der Waals surface area contributed by atoms with Gasteiger partial charge in [0.1, 0.15) is 18.0 Å². The topological polar surface area (TPSA) is 95.7 Å². The van der Waals surface area contributed by atoms with Crippen LogP contribution in [0.15, 0.2) is 53.4 Å². The highest BCUT2D eigenvalue weighted by atomic mass is 32.2. The second kappa shape index (κ2) is 11.8. The number of rotatable bonds is 12. The predicted octanol–water partition coefficient (Wildman–Crippen LogP) is 6.41. The van der Waals surface area contributed by atoms with Crippen molar-refractivity contribution < 1.29 is 22.7 Å². The number of benzene rings is 2. The van der Waals surface area contributed by atoms with E-state index in [2.05, 4.69) is 38.1 Å². The molecule has 0 amide bonds. The second-order valence-corrected chi connectivity index (χ2v) is 13.6. The molecule has 0 aromatic heterocycles. The minimum atomic E-state index is -3.70. The van der Waals surface area contributed by atoms with Crippen molar-refractivity contribution >= 4 is 16.0 Å². The van der Waals surface area contributed by atoms with Gasteiger partial charge in [-0.05, 0) is 101 Å². The van der Waals surface area contributed by atoms with Gasteiger partial charge in [-0.3, -0.25) is 4.79 Å². The van der Waals surface area contributed by atoms with Gasteiger partial charge in [0.2, 0.25) is 10.0 Å². The Morgan fingerprint density at radius 2 is 1.39 bits per heavy atom. The van der Waals surface area contributed by atoms with Crippen molar-refractivity contribution in [3.8, 4) is 5.75 Å². The molecule has 0 spiro atoms. The molecule has 36 heavy (non-hydrogen) atoms. The molecule has 2 aromatic rings. The molecule has 0 atom stereocenters. The van der Waals surface area contributed by atoms with Crippen LogP contribution in [-0.4, -0.2) is 20.0 Å². The third-order valence-corrected chi connectivity index (χ3v) is 6.95. The maximum atomic E-state index is 12.6. The summed E-state index contributed by atoms with van der Waals surface area (Å²) < 4.78 is 34.1. The number of aryl methyl sites for hydroxylation is 1. The Hall–Kier alpha value is -2.38. The summed E-state index contributed by atoms with van der Waals surface area (Å²) in [7, 11) is -3.70. The average molecular weight is 518 g/mol. The lowest BCUT2D eigenvalue weighted by Crippen LogP contribution is -2.36. The fourth-order valence-corrected chi connectivity index (χ4v) is 4.92. The first-order chi connectivity index (χ1) is 16.5. The fourth-order valence-electron chi connectivity index (χ4n) is 4.40. The van der Waals surface area contributed by atoms with Gasteiger partial charge in [-0.1, -0.05) is 44.5 Å². The number of carbonyl (C=O) groups excluding carboxylic acids is 1. The molecule has 0 aliphatic heterocycles. The summed E-state index contributed by atoms with van der Waals surface area (Å²) in [6, 6.07) is 14.4. The maximum Gasteiger partial charge on any atom is 0.312 e. The first kappa shape index (κ1) is 29.8. The number of primary sulfonamides is 1. The van der Waals surface area contributed by atoms with E-state index < -0.39 is 21.0 Å². The van der Waals surface area contributed by atoms with Crippen LogP contribution in [0.5, 0.6) is 5.75 Å². The third kappa shape index (κ3) is 10.3. The molecule has 0 aliphatic rings. The molecule has 0 aliphatic carbocycles.